The number of para-hydroxylation sites is 2. The third kappa shape index (κ3) is 4.66. The Morgan fingerprint density at radius 3 is 2.39 bits per heavy atom. The number of thiazole rings is 1. The Bertz CT molecular complexity index is 1950. The topological polar surface area (TPSA) is 72.2 Å². The van der Waals surface area contributed by atoms with E-state index in [1.807, 2.05) is 108 Å². The van der Waals surface area contributed by atoms with E-state index in [0.29, 0.717) is 0 Å². The minimum absolute atomic E-state index is 0.204. The normalized spacial score (nSPS) is 12.0. The Kier molecular flexibility index (Phi) is 6.34. The minimum Gasteiger partial charge on any atom is -0.508 e. The fraction of sp³-hybridized carbons (Fsp3) is 0.0588. The van der Waals surface area contributed by atoms with E-state index in [2.05, 4.69) is 17.4 Å². The van der Waals surface area contributed by atoms with Crippen LogP contribution in [-0.4, -0.2) is 27.0 Å². The second kappa shape index (κ2) is 10.4. The first-order chi connectivity index (χ1) is 20.2. The van der Waals surface area contributed by atoms with E-state index in [1.165, 1.54) is 0 Å². The molecule has 1 unspecified atom stereocenters. The molecule has 0 radical (unpaired) electrons. The zero-order chi connectivity index (χ0) is 27.8. The second-order valence-electron chi connectivity index (χ2n) is 9.73. The van der Waals surface area contributed by atoms with Crippen molar-refractivity contribution in [1.82, 2.24) is 14.8 Å². The summed E-state index contributed by atoms with van der Waals surface area (Å²) < 4.78 is 8.40. The van der Waals surface area contributed by atoms with E-state index in [4.69, 9.17) is 14.8 Å². The van der Waals surface area contributed by atoms with Crippen LogP contribution in [0.4, 0.5) is 5.13 Å². The van der Waals surface area contributed by atoms with Crippen LogP contribution in [0.5, 0.6) is 11.5 Å². The largest absolute Gasteiger partial charge is 0.508 e. The molecule has 7 heteroatoms. The van der Waals surface area contributed by atoms with Crippen LogP contribution in [-0.2, 0) is 0 Å². The van der Waals surface area contributed by atoms with Gasteiger partial charge in [0.1, 0.15) is 11.5 Å². The second-order valence-corrected chi connectivity index (χ2v) is 10.8. The van der Waals surface area contributed by atoms with Crippen molar-refractivity contribution >= 4 is 37.5 Å². The molecule has 6 nitrogen and oxygen atoms in total. The highest BCUT2D eigenvalue weighted by molar-refractivity contribution is 7.22. The van der Waals surface area contributed by atoms with E-state index < -0.39 is 6.04 Å². The number of hydrogen-bond donors (Lipinski definition) is 2. The number of rotatable bonds is 7. The quantitative estimate of drug-likeness (QED) is 0.208. The summed E-state index contributed by atoms with van der Waals surface area (Å²) in [6, 6.07) is 37.4. The molecule has 0 amide bonds. The van der Waals surface area contributed by atoms with Gasteiger partial charge in [-0.1, -0.05) is 72.0 Å². The maximum absolute atomic E-state index is 11.4. The minimum atomic E-state index is -0.462. The first-order valence-electron chi connectivity index (χ1n) is 13.3. The van der Waals surface area contributed by atoms with Crippen molar-refractivity contribution in [2.75, 3.05) is 12.4 Å². The molecule has 7 rings (SSSR count). The predicted molar refractivity (Wildman–Crippen MR) is 166 cm³/mol. The van der Waals surface area contributed by atoms with Gasteiger partial charge in [0.25, 0.3) is 0 Å². The molecule has 0 bridgehead atoms. The van der Waals surface area contributed by atoms with Crippen molar-refractivity contribution in [2.24, 2.45) is 0 Å². The first-order valence-corrected chi connectivity index (χ1v) is 14.1. The molecule has 0 aliphatic rings. The van der Waals surface area contributed by atoms with Gasteiger partial charge in [-0.25, -0.2) is 9.67 Å². The third-order valence-corrected chi connectivity index (χ3v) is 8.20. The Balaban J connectivity index is 1.48. The van der Waals surface area contributed by atoms with E-state index in [-0.39, 0.29) is 5.75 Å². The lowest BCUT2D eigenvalue weighted by atomic mass is 9.91. The van der Waals surface area contributed by atoms with Gasteiger partial charge in [0.05, 0.1) is 34.7 Å². The Hall–Kier alpha value is -5.14. The summed E-state index contributed by atoms with van der Waals surface area (Å²) in [6.07, 6.45) is 2.04. The number of benzene rings is 5. The molecule has 2 heterocycles. The van der Waals surface area contributed by atoms with Crippen molar-refractivity contribution in [2.45, 2.75) is 6.04 Å². The zero-order valence-corrected chi connectivity index (χ0v) is 23.0. The maximum atomic E-state index is 11.4. The molecule has 0 saturated carbocycles. The number of aromatic hydroxyl groups is 1. The zero-order valence-electron chi connectivity index (χ0n) is 22.2. The fourth-order valence-corrected chi connectivity index (χ4v) is 6.13. The van der Waals surface area contributed by atoms with Gasteiger partial charge in [-0.05, 0) is 65.4 Å². The number of ether oxygens (including phenoxy) is 1. The number of aromatic nitrogens is 3. The third-order valence-electron chi connectivity index (χ3n) is 7.24. The van der Waals surface area contributed by atoms with Crippen molar-refractivity contribution < 1.29 is 9.84 Å². The highest BCUT2D eigenvalue weighted by Crippen LogP contribution is 2.42. The average Bonchev–Trinajstić information content (AvgIpc) is 3.65. The predicted octanol–water partition coefficient (Wildman–Crippen LogP) is 8.22. The van der Waals surface area contributed by atoms with E-state index in [0.717, 1.165) is 59.9 Å². The van der Waals surface area contributed by atoms with Gasteiger partial charge in [0.2, 0.25) is 0 Å². The first kappa shape index (κ1) is 24.9. The number of phenols is 1. The summed E-state index contributed by atoms with van der Waals surface area (Å²) in [6.45, 7) is 0. The van der Waals surface area contributed by atoms with Crippen molar-refractivity contribution in [3.8, 4) is 28.4 Å². The van der Waals surface area contributed by atoms with E-state index in [9.17, 15) is 5.11 Å². The Morgan fingerprint density at radius 2 is 1.59 bits per heavy atom. The molecule has 200 valence electrons. The molecule has 0 aliphatic carbocycles. The van der Waals surface area contributed by atoms with Gasteiger partial charge in [-0.15, -0.1) is 0 Å². The lowest BCUT2D eigenvalue weighted by molar-refractivity contribution is 0.415. The van der Waals surface area contributed by atoms with Gasteiger partial charge in [0, 0.05) is 22.9 Å². The van der Waals surface area contributed by atoms with Gasteiger partial charge < -0.3 is 15.2 Å². The Labute approximate surface area is 241 Å². The number of fused-ring (bicyclic) bond motifs is 2. The summed E-state index contributed by atoms with van der Waals surface area (Å²) in [4.78, 5) is 4.89. The molecule has 0 saturated heterocycles. The van der Waals surface area contributed by atoms with Crippen LogP contribution in [0.25, 0.3) is 37.9 Å². The van der Waals surface area contributed by atoms with Crippen LogP contribution < -0.4 is 10.1 Å². The van der Waals surface area contributed by atoms with Crippen LogP contribution >= 0.6 is 11.3 Å². The number of phenolic OH excluding ortho intramolecular Hbond substituents is 1. The van der Waals surface area contributed by atoms with Crippen LogP contribution in [0.1, 0.15) is 17.2 Å². The summed E-state index contributed by atoms with van der Waals surface area (Å²) >= 11 is 1.59. The molecule has 2 N–H and O–H groups in total. The Morgan fingerprint density at radius 1 is 0.829 bits per heavy atom. The molecule has 5 aromatic carbocycles. The lowest BCUT2D eigenvalue weighted by Gasteiger charge is -2.22. The summed E-state index contributed by atoms with van der Waals surface area (Å²) in [7, 11) is 1.66. The number of hydrogen-bond acceptors (Lipinski definition) is 6. The van der Waals surface area contributed by atoms with Crippen LogP contribution in [0.15, 0.2) is 121 Å². The van der Waals surface area contributed by atoms with E-state index in [1.54, 1.807) is 24.5 Å². The maximum Gasteiger partial charge on any atom is 0.184 e. The molecular weight excluding hydrogens is 528 g/mol. The smallest absolute Gasteiger partial charge is 0.184 e. The summed E-state index contributed by atoms with van der Waals surface area (Å²) in [5, 5.41) is 23.0. The van der Waals surface area contributed by atoms with E-state index >= 15 is 0 Å². The number of anilines is 1. The monoisotopic (exact) mass is 554 g/mol. The van der Waals surface area contributed by atoms with Crippen LogP contribution in [0, 0.1) is 0 Å². The summed E-state index contributed by atoms with van der Waals surface area (Å²) in [5.41, 5.74) is 5.27. The molecular formula is C34H26N4O2S. The lowest BCUT2D eigenvalue weighted by Crippen LogP contribution is -2.13. The van der Waals surface area contributed by atoms with Crippen molar-refractivity contribution in [3.63, 3.8) is 0 Å². The number of nitrogens with zero attached hydrogens (tertiary/aromatic N) is 3. The van der Waals surface area contributed by atoms with Crippen LogP contribution in [0.3, 0.4) is 0 Å². The summed E-state index contributed by atoms with van der Waals surface area (Å²) in [5.74, 6) is 0.976. The fourth-order valence-electron chi connectivity index (χ4n) is 5.24. The van der Waals surface area contributed by atoms with Gasteiger partial charge in [-0.2, -0.15) is 5.10 Å². The molecule has 7 aromatic rings. The molecule has 0 fully saturated rings. The molecule has 41 heavy (non-hydrogen) atoms. The molecule has 0 spiro atoms. The number of methoxy groups -OCH3 is 1. The van der Waals surface area contributed by atoms with Gasteiger partial charge >= 0.3 is 0 Å². The average molecular weight is 555 g/mol. The van der Waals surface area contributed by atoms with Gasteiger partial charge in [-0.3, -0.25) is 0 Å². The molecule has 0 aliphatic heterocycles. The highest BCUT2D eigenvalue weighted by atomic mass is 32.1. The van der Waals surface area contributed by atoms with Gasteiger partial charge in [0.15, 0.2) is 5.13 Å². The molecule has 1 atom stereocenters. The molecule has 2 aromatic heterocycles. The van der Waals surface area contributed by atoms with Crippen LogP contribution in [0.2, 0.25) is 0 Å². The standard InChI is InChI=1S/C34H26N4O2S/c1-40-25-18-15-23(16-19-25)32-27(21-38(37-32)24-10-3-2-4-11-24)33(36-34-35-28-13-7-8-14-30(28)41-34)31-26-12-6-5-9-22(26)17-20-29(31)39/h2-21,33,39H,1H3,(H,35,36). The number of nitrogens with one attached hydrogen (secondary N) is 1. The van der Waals surface area contributed by atoms with Crippen molar-refractivity contribution in [1.29, 1.82) is 0 Å². The SMILES string of the molecule is COc1ccc(-c2nn(-c3ccccc3)cc2C(Nc2nc3ccccc3s2)c2c(O)ccc3ccccc23)cc1. The van der Waals surface area contributed by atoms with Crippen molar-refractivity contribution in [3.05, 3.63) is 133 Å². The highest BCUT2D eigenvalue weighted by Gasteiger charge is 2.27.